The predicted molar refractivity (Wildman–Crippen MR) is 122 cm³/mol. The number of benzene rings is 3. The molecule has 32 heavy (non-hydrogen) atoms. The zero-order chi connectivity index (χ0) is 22.8. The minimum Gasteiger partial charge on any atom is -0.340 e. The van der Waals surface area contributed by atoms with Gasteiger partial charge in [-0.25, -0.2) is 0 Å². The SMILES string of the molecule is Cc1cc2c(=O)c3c4ccc(C#N)cc4[nH]c3n(C)c2cc1-c1cccc(S(=O)(=O)F)c1. The largest absolute Gasteiger partial charge is 0.340 e. The summed E-state index contributed by atoms with van der Waals surface area (Å²) in [5, 5.41) is 11.0. The van der Waals surface area contributed by atoms with Gasteiger partial charge in [0.05, 0.1) is 27.4 Å². The maximum Gasteiger partial charge on any atom is 0.332 e. The van der Waals surface area contributed by atoms with Crippen LogP contribution in [0.15, 0.2) is 64.3 Å². The fourth-order valence-corrected chi connectivity index (χ4v) is 4.78. The third-order valence-corrected chi connectivity index (χ3v) is 6.66. The molecule has 158 valence electrons. The number of halogens is 1. The van der Waals surface area contributed by atoms with Crippen molar-refractivity contribution < 1.29 is 12.3 Å². The van der Waals surface area contributed by atoms with E-state index in [2.05, 4.69) is 11.1 Å². The first-order chi connectivity index (χ1) is 15.2. The van der Waals surface area contributed by atoms with Crippen molar-refractivity contribution in [1.29, 1.82) is 5.26 Å². The highest BCUT2D eigenvalue weighted by atomic mass is 32.3. The van der Waals surface area contributed by atoms with Gasteiger partial charge in [0, 0.05) is 23.3 Å². The van der Waals surface area contributed by atoms with Gasteiger partial charge < -0.3 is 9.55 Å². The summed E-state index contributed by atoms with van der Waals surface area (Å²) in [6.07, 6.45) is 0. The van der Waals surface area contributed by atoms with Crippen LogP contribution in [0.4, 0.5) is 3.89 Å². The molecule has 2 heterocycles. The monoisotopic (exact) mass is 445 g/mol. The maximum absolute atomic E-state index is 13.5. The molecular formula is C24H16FN3O3S. The number of aromatic nitrogens is 2. The molecule has 6 nitrogen and oxygen atoms in total. The van der Waals surface area contributed by atoms with Crippen LogP contribution >= 0.6 is 0 Å². The van der Waals surface area contributed by atoms with Gasteiger partial charge in [-0.1, -0.05) is 18.2 Å². The summed E-state index contributed by atoms with van der Waals surface area (Å²) >= 11 is 0. The lowest BCUT2D eigenvalue weighted by molar-refractivity contribution is 0.552. The molecule has 0 aliphatic carbocycles. The van der Waals surface area contributed by atoms with Crippen molar-refractivity contribution in [1.82, 2.24) is 9.55 Å². The summed E-state index contributed by atoms with van der Waals surface area (Å²) in [7, 11) is -3.01. The van der Waals surface area contributed by atoms with E-state index in [9.17, 15) is 22.4 Å². The normalized spacial score (nSPS) is 11.9. The number of hydrogen-bond donors (Lipinski definition) is 1. The van der Waals surface area contributed by atoms with E-state index in [4.69, 9.17) is 0 Å². The Balaban J connectivity index is 1.85. The van der Waals surface area contributed by atoms with Crippen LogP contribution in [-0.2, 0) is 17.3 Å². The molecule has 5 rings (SSSR count). The average molecular weight is 445 g/mol. The summed E-state index contributed by atoms with van der Waals surface area (Å²) in [5.41, 5.74) is 4.29. The minimum absolute atomic E-state index is 0.140. The van der Waals surface area contributed by atoms with Crippen LogP contribution < -0.4 is 5.43 Å². The van der Waals surface area contributed by atoms with E-state index in [0.717, 1.165) is 10.9 Å². The second kappa shape index (κ2) is 6.77. The van der Waals surface area contributed by atoms with Crippen LogP contribution in [0.3, 0.4) is 0 Å². The van der Waals surface area contributed by atoms with Gasteiger partial charge in [0.15, 0.2) is 5.43 Å². The van der Waals surface area contributed by atoms with Crippen LogP contribution in [0.1, 0.15) is 11.1 Å². The van der Waals surface area contributed by atoms with Gasteiger partial charge in [0.25, 0.3) is 0 Å². The molecule has 0 atom stereocenters. The first-order valence-electron chi connectivity index (χ1n) is 9.73. The first kappa shape index (κ1) is 20.0. The third-order valence-electron chi connectivity index (χ3n) is 5.85. The van der Waals surface area contributed by atoms with Crippen molar-refractivity contribution in [3.05, 3.63) is 75.9 Å². The summed E-state index contributed by atoms with van der Waals surface area (Å²) in [5.74, 6) is 0. The van der Waals surface area contributed by atoms with Crippen LogP contribution in [0, 0.1) is 18.3 Å². The second-order valence-corrected chi connectivity index (χ2v) is 9.11. The van der Waals surface area contributed by atoms with E-state index >= 15 is 0 Å². The van der Waals surface area contributed by atoms with Gasteiger partial charge in [-0.3, -0.25) is 4.79 Å². The highest BCUT2D eigenvalue weighted by Gasteiger charge is 2.18. The molecule has 0 bridgehead atoms. The topological polar surface area (TPSA) is 95.7 Å². The predicted octanol–water partition coefficient (Wildman–Crippen LogP) is 4.68. The van der Waals surface area contributed by atoms with Crippen molar-refractivity contribution in [2.24, 2.45) is 7.05 Å². The molecule has 0 saturated heterocycles. The summed E-state index contributed by atoms with van der Waals surface area (Å²) in [6, 6.07) is 16.5. The lowest BCUT2D eigenvalue weighted by Crippen LogP contribution is -2.09. The maximum atomic E-state index is 13.5. The summed E-state index contributed by atoms with van der Waals surface area (Å²) in [4.78, 5) is 16.3. The quantitative estimate of drug-likeness (QED) is 0.399. The van der Waals surface area contributed by atoms with Crippen LogP contribution in [-0.4, -0.2) is 18.0 Å². The Kier molecular flexibility index (Phi) is 4.23. The number of fused-ring (bicyclic) bond motifs is 4. The standard InChI is InChI=1S/C24H16FN3O3S/c1-13-8-19-21(11-18(13)15-4-3-5-16(10-15)32(25,30)31)28(2)24-22(23(19)29)17-7-6-14(12-26)9-20(17)27-24/h3-11,27H,1-2H3. The Labute approximate surface area is 182 Å². The average Bonchev–Trinajstić information content (AvgIpc) is 3.16. The van der Waals surface area contributed by atoms with E-state index in [1.807, 2.05) is 24.6 Å². The Morgan fingerprint density at radius 3 is 2.56 bits per heavy atom. The molecule has 0 unspecified atom stereocenters. The molecular weight excluding hydrogens is 429 g/mol. The van der Waals surface area contributed by atoms with E-state index in [0.29, 0.717) is 44.1 Å². The molecule has 0 aliphatic heterocycles. The van der Waals surface area contributed by atoms with Crippen molar-refractivity contribution in [3.63, 3.8) is 0 Å². The fourth-order valence-electron chi connectivity index (χ4n) is 4.27. The number of rotatable bonds is 2. The Morgan fingerprint density at radius 1 is 1.06 bits per heavy atom. The number of pyridine rings is 1. The molecule has 3 aromatic carbocycles. The molecule has 0 amide bonds. The van der Waals surface area contributed by atoms with Crippen molar-refractivity contribution in [2.45, 2.75) is 11.8 Å². The zero-order valence-electron chi connectivity index (χ0n) is 17.1. The third kappa shape index (κ3) is 2.90. The molecule has 0 radical (unpaired) electrons. The number of nitriles is 1. The second-order valence-electron chi connectivity index (χ2n) is 7.76. The van der Waals surface area contributed by atoms with E-state index < -0.39 is 15.1 Å². The van der Waals surface area contributed by atoms with E-state index in [1.54, 1.807) is 30.3 Å². The van der Waals surface area contributed by atoms with Crippen LogP contribution in [0.2, 0.25) is 0 Å². The van der Waals surface area contributed by atoms with Gasteiger partial charge in [-0.05, 0) is 60.0 Å². The Hall–Kier alpha value is -3.96. The molecule has 0 spiro atoms. The minimum atomic E-state index is -4.84. The molecule has 0 fully saturated rings. The van der Waals surface area contributed by atoms with Crippen molar-refractivity contribution >= 4 is 43.1 Å². The molecule has 5 aromatic rings. The lowest BCUT2D eigenvalue weighted by atomic mass is 9.97. The van der Waals surface area contributed by atoms with Gasteiger partial charge >= 0.3 is 10.2 Å². The molecule has 0 saturated carbocycles. The number of hydrogen-bond acceptors (Lipinski definition) is 4. The molecule has 1 N–H and O–H groups in total. The van der Waals surface area contributed by atoms with Crippen molar-refractivity contribution in [3.8, 4) is 17.2 Å². The Morgan fingerprint density at radius 2 is 1.84 bits per heavy atom. The van der Waals surface area contributed by atoms with E-state index in [-0.39, 0.29) is 5.43 Å². The summed E-state index contributed by atoms with van der Waals surface area (Å²) < 4.78 is 38.1. The number of aromatic amines is 1. The summed E-state index contributed by atoms with van der Waals surface area (Å²) in [6.45, 7) is 1.82. The number of H-pyrrole nitrogens is 1. The molecule has 0 aliphatic rings. The fraction of sp³-hybridized carbons (Fsp3) is 0.0833. The smallest absolute Gasteiger partial charge is 0.332 e. The Bertz CT molecular complexity index is 1810. The van der Waals surface area contributed by atoms with Gasteiger partial charge in [-0.15, -0.1) is 3.89 Å². The lowest BCUT2D eigenvalue weighted by Gasteiger charge is -2.13. The van der Waals surface area contributed by atoms with Gasteiger partial charge in [0.1, 0.15) is 5.65 Å². The van der Waals surface area contributed by atoms with Gasteiger partial charge in [0.2, 0.25) is 0 Å². The zero-order valence-corrected chi connectivity index (χ0v) is 17.9. The first-order valence-corrected chi connectivity index (χ1v) is 11.1. The van der Waals surface area contributed by atoms with E-state index in [1.165, 1.54) is 18.2 Å². The molecule has 2 aromatic heterocycles. The van der Waals surface area contributed by atoms with Crippen molar-refractivity contribution in [2.75, 3.05) is 0 Å². The number of nitrogens with one attached hydrogen (secondary N) is 1. The van der Waals surface area contributed by atoms with Gasteiger partial charge in [-0.2, -0.15) is 13.7 Å². The molecule has 8 heteroatoms. The van der Waals surface area contributed by atoms with Crippen LogP contribution in [0.25, 0.3) is 44.0 Å². The highest BCUT2D eigenvalue weighted by molar-refractivity contribution is 7.86. The number of nitrogens with zero attached hydrogens (tertiary/aromatic N) is 2. The highest BCUT2D eigenvalue weighted by Crippen LogP contribution is 2.32. The number of aryl methyl sites for hydroxylation is 2. The van der Waals surface area contributed by atoms with Crippen LogP contribution in [0.5, 0.6) is 0 Å².